The van der Waals surface area contributed by atoms with Crippen LogP contribution in [0.3, 0.4) is 0 Å². The van der Waals surface area contributed by atoms with Crippen LogP contribution in [0.25, 0.3) is 16.6 Å². The van der Waals surface area contributed by atoms with Crippen LogP contribution in [0, 0.1) is 0 Å². The molecule has 0 aliphatic carbocycles. The standard InChI is InChI=1S/C25H18N4O3/c1-15(27-28-22-17-11-5-7-13-19(17)26-24(22)31)21-23(30)18-12-6-8-14-20(18)29(25(21)32)16-9-3-2-4-10-16/h2-14,30H,1H3,(H,26,28,31)/b27-15+. The average molecular weight is 422 g/mol. The maximum Gasteiger partial charge on any atom is 0.276 e. The third-order valence-electron chi connectivity index (χ3n) is 5.38. The molecule has 0 spiro atoms. The van der Waals surface area contributed by atoms with E-state index in [1.807, 2.05) is 42.5 Å². The number of benzene rings is 3. The van der Waals surface area contributed by atoms with E-state index in [4.69, 9.17) is 0 Å². The van der Waals surface area contributed by atoms with Crippen LogP contribution in [0.2, 0.25) is 0 Å². The van der Waals surface area contributed by atoms with Crippen molar-refractivity contribution in [3.05, 3.63) is 100 Å². The van der Waals surface area contributed by atoms with Crippen molar-refractivity contribution in [2.24, 2.45) is 10.2 Å². The van der Waals surface area contributed by atoms with Crippen LogP contribution in [0.5, 0.6) is 5.75 Å². The Morgan fingerprint density at radius 1 is 0.906 bits per heavy atom. The minimum atomic E-state index is -0.426. The van der Waals surface area contributed by atoms with E-state index in [1.54, 1.807) is 43.3 Å². The van der Waals surface area contributed by atoms with Crippen molar-refractivity contribution in [1.82, 2.24) is 4.57 Å². The summed E-state index contributed by atoms with van der Waals surface area (Å²) in [6, 6.07) is 23.5. The molecular formula is C25H18N4O3. The van der Waals surface area contributed by atoms with Gasteiger partial charge in [0.15, 0.2) is 5.71 Å². The topological polar surface area (TPSA) is 96.0 Å². The number of rotatable bonds is 3. The molecule has 156 valence electrons. The summed E-state index contributed by atoms with van der Waals surface area (Å²) in [5, 5.41) is 22.5. The van der Waals surface area contributed by atoms with Gasteiger partial charge in [-0.15, -0.1) is 5.10 Å². The first-order valence-corrected chi connectivity index (χ1v) is 10.0. The number of amides is 1. The monoisotopic (exact) mass is 422 g/mol. The minimum absolute atomic E-state index is 0.0311. The first-order chi connectivity index (χ1) is 15.6. The average Bonchev–Trinajstić information content (AvgIpc) is 3.13. The number of anilines is 1. The summed E-state index contributed by atoms with van der Waals surface area (Å²) in [6.07, 6.45) is 0. The Hall–Kier alpha value is -4.52. The minimum Gasteiger partial charge on any atom is -0.506 e. The molecule has 7 heteroatoms. The summed E-state index contributed by atoms with van der Waals surface area (Å²) in [4.78, 5) is 25.8. The second-order valence-electron chi connectivity index (χ2n) is 7.35. The molecule has 0 fully saturated rings. The Bertz CT molecular complexity index is 1500. The Morgan fingerprint density at radius 2 is 1.59 bits per heavy atom. The molecule has 7 nitrogen and oxygen atoms in total. The normalized spacial score (nSPS) is 14.6. The molecule has 0 bridgehead atoms. The Labute approximate surface area is 183 Å². The van der Waals surface area contributed by atoms with Gasteiger partial charge in [-0.05, 0) is 37.3 Å². The van der Waals surface area contributed by atoms with Crippen LogP contribution < -0.4 is 10.9 Å². The van der Waals surface area contributed by atoms with E-state index in [1.165, 1.54) is 4.57 Å². The van der Waals surface area contributed by atoms with E-state index in [0.29, 0.717) is 27.8 Å². The molecule has 1 aromatic heterocycles. The number of nitrogens with zero attached hydrogens (tertiary/aromatic N) is 3. The van der Waals surface area contributed by atoms with Crippen molar-refractivity contribution < 1.29 is 9.90 Å². The lowest BCUT2D eigenvalue weighted by atomic mass is 10.1. The van der Waals surface area contributed by atoms with Crippen LogP contribution in [-0.4, -0.2) is 27.0 Å². The number of pyridine rings is 1. The number of aromatic nitrogens is 1. The van der Waals surface area contributed by atoms with E-state index in [-0.39, 0.29) is 28.6 Å². The number of fused-ring (bicyclic) bond motifs is 2. The zero-order chi connectivity index (χ0) is 22.2. The number of nitrogens with one attached hydrogen (secondary N) is 1. The summed E-state index contributed by atoms with van der Waals surface area (Å²) in [5.41, 5.74) is 2.50. The van der Waals surface area contributed by atoms with Gasteiger partial charge >= 0.3 is 0 Å². The zero-order valence-electron chi connectivity index (χ0n) is 17.1. The maximum atomic E-state index is 13.5. The first kappa shape index (κ1) is 19.4. The number of para-hydroxylation sites is 3. The molecule has 0 radical (unpaired) electrons. The van der Waals surface area contributed by atoms with Crippen molar-refractivity contribution in [2.75, 3.05) is 5.32 Å². The molecule has 2 heterocycles. The van der Waals surface area contributed by atoms with Crippen LogP contribution >= 0.6 is 0 Å². The molecular weight excluding hydrogens is 404 g/mol. The smallest absolute Gasteiger partial charge is 0.276 e. The van der Waals surface area contributed by atoms with E-state index < -0.39 is 5.56 Å². The van der Waals surface area contributed by atoms with Gasteiger partial charge in [0.1, 0.15) is 11.3 Å². The number of hydrogen-bond acceptors (Lipinski definition) is 5. The molecule has 0 saturated heterocycles. The summed E-state index contributed by atoms with van der Waals surface area (Å²) in [6.45, 7) is 1.59. The summed E-state index contributed by atoms with van der Waals surface area (Å²) in [5.74, 6) is -0.539. The molecule has 1 aliphatic rings. The lowest BCUT2D eigenvalue weighted by Crippen LogP contribution is -2.25. The highest BCUT2D eigenvalue weighted by Crippen LogP contribution is 2.29. The van der Waals surface area contributed by atoms with E-state index in [0.717, 1.165) is 0 Å². The number of aromatic hydroxyl groups is 1. The number of carbonyl (C=O) groups is 1. The largest absolute Gasteiger partial charge is 0.506 e. The molecule has 1 aliphatic heterocycles. The second kappa shape index (κ2) is 7.63. The fourth-order valence-corrected chi connectivity index (χ4v) is 3.86. The van der Waals surface area contributed by atoms with Gasteiger partial charge in [-0.3, -0.25) is 14.2 Å². The molecule has 2 N–H and O–H groups in total. The third-order valence-corrected chi connectivity index (χ3v) is 5.38. The fraction of sp³-hybridized carbons (Fsp3) is 0.0400. The van der Waals surface area contributed by atoms with Crippen molar-refractivity contribution in [1.29, 1.82) is 0 Å². The first-order valence-electron chi connectivity index (χ1n) is 10.0. The Balaban J connectivity index is 1.72. The molecule has 0 saturated carbocycles. The van der Waals surface area contributed by atoms with Gasteiger partial charge in [0.2, 0.25) is 0 Å². The van der Waals surface area contributed by atoms with Crippen molar-refractivity contribution >= 4 is 33.9 Å². The fourth-order valence-electron chi connectivity index (χ4n) is 3.86. The molecule has 32 heavy (non-hydrogen) atoms. The van der Waals surface area contributed by atoms with Crippen LogP contribution in [-0.2, 0) is 4.79 Å². The van der Waals surface area contributed by atoms with Gasteiger partial charge in [-0.1, -0.05) is 48.5 Å². The SMILES string of the molecule is C/C(=N\N=C1/C(=O)Nc2ccccc21)c1c(O)c2ccccc2n(-c2ccccc2)c1=O. The maximum absolute atomic E-state index is 13.5. The number of carbonyl (C=O) groups excluding carboxylic acids is 1. The van der Waals surface area contributed by atoms with Gasteiger partial charge in [-0.2, -0.15) is 5.10 Å². The highest BCUT2D eigenvalue weighted by atomic mass is 16.3. The van der Waals surface area contributed by atoms with Gasteiger partial charge in [0.25, 0.3) is 11.5 Å². The van der Waals surface area contributed by atoms with Crippen molar-refractivity contribution in [2.45, 2.75) is 6.92 Å². The lowest BCUT2D eigenvalue weighted by Gasteiger charge is -2.14. The van der Waals surface area contributed by atoms with Gasteiger partial charge in [0, 0.05) is 16.6 Å². The zero-order valence-corrected chi connectivity index (χ0v) is 17.1. The molecule has 5 rings (SSSR count). The van der Waals surface area contributed by atoms with E-state index >= 15 is 0 Å². The van der Waals surface area contributed by atoms with E-state index in [9.17, 15) is 14.7 Å². The molecule has 1 amide bonds. The molecule has 0 unspecified atom stereocenters. The Kier molecular flexibility index (Phi) is 4.63. The predicted octanol–water partition coefficient (Wildman–Crippen LogP) is 3.86. The van der Waals surface area contributed by atoms with Crippen LogP contribution in [0.4, 0.5) is 5.69 Å². The molecule has 0 atom stereocenters. The van der Waals surface area contributed by atoms with Gasteiger partial charge in [0.05, 0.1) is 16.9 Å². The summed E-state index contributed by atoms with van der Waals surface area (Å²) < 4.78 is 1.54. The highest BCUT2D eigenvalue weighted by molar-refractivity contribution is 6.53. The van der Waals surface area contributed by atoms with Crippen molar-refractivity contribution in [3.8, 4) is 11.4 Å². The third kappa shape index (κ3) is 3.07. The summed E-state index contributed by atoms with van der Waals surface area (Å²) >= 11 is 0. The van der Waals surface area contributed by atoms with Gasteiger partial charge in [-0.25, -0.2) is 0 Å². The van der Waals surface area contributed by atoms with Crippen LogP contribution in [0.1, 0.15) is 18.1 Å². The molecule has 4 aromatic rings. The lowest BCUT2D eigenvalue weighted by molar-refractivity contribution is -0.110. The van der Waals surface area contributed by atoms with Crippen LogP contribution in [0.15, 0.2) is 93.9 Å². The van der Waals surface area contributed by atoms with Gasteiger partial charge < -0.3 is 10.4 Å². The predicted molar refractivity (Wildman–Crippen MR) is 125 cm³/mol. The molecule has 3 aromatic carbocycles. The quantitative estimate of drug-likeness (QED) is 0.388. The Morgan fingerprint density at radius 3 is 2.41 bits per heavy atom. The number of hydrogen-bond donors (Lipinski definition) is 2. The highest BCUT2D eigenvalue weighted by Gasteiger charge is 2.26. The summed E-state index contributed by atoms with van der Waals surface area (Å²) in [7, 11) is 0. The second-order valence-corrected chi connectivity index (χ2v) is 7.35. The van der Waals surface area contributed by atoms with E-state index in [2.05, 4.69) is 15.5 Å². The van der Waals surface area contributed by atoms with Crippen molar-refractivity contribution in [3.63, 3.8) is 0 Å².